The molecule has 1 amide bonds. The van der Waals surface area contributed by atoms with Crippen LogP contribution in [0.3, 0.4) is 0 Å². The van der Waals surface area contributed by atoms with Gasteiger partial charge < -0.3 is 19.5 Å². The number of piperazine rings is 1. The van der Waals surface area contributed by atoms with Crippen molar-refractivity contribution in [2.75, 3.05) is 31.1 Å². The number of phenolic OH excluding ortho intramolecular Hbond substituents is 1. The molecule has 1 aromatic heterocycles. The zero-order valence-electron chi connectivity index (χ0n) is 17.4. The first-order chi connectivity index (χ1) is 15.0. The van der Waals surface area contributed by atoms with Crippen molar-refractivity contribution in [3.8, 4) is 16.9 Å². The van der Waals surface area contributed by atoms with Gasteiger partial charge in [-0.1, -0.05) is 18.2 Å². The normalized spacial score (nSPS) is 16.1. The zero-order chi connectivity index (χ0) is 21.7. The third-order valence-electron chi connectivity index (χ3n) is 6.49. The third kappa shape index (κ3) is 3.15. The molecule has 0 aliphatic carbocycles. The fraction of sp³-hybridized carbons (Fsp3) is 0.333. The number of phenols is 1. The third-order valence-corrected chi connectivity index (χ3v) is 6.49. The highest BCUT2D eigenvalue weighted by atomic mass is 19.1. The maximum Gasteiger partial charge on any atom is 0.253 e. The van der Waals surface area contributed by atoms with E-state index in [0.29, 0.717) is 44.7 Å². The number of carbonyl (C=O) groups excluding carboxylic acids is 1. The molecule has 0 saturated carbocycles. The number of rotatable bonds is 2. The first kappa shape index (κ1) is 19.6. The number of aryl methyl sites for hydroxylation is 2. The Labute approximate surface area is 179 Å². The van der Waals surface area contributed by atoms with Crippen molar-refractivity contribution in [3.05, 3.63) is 58.1 Å². The van der Waals surface area contributed by atoms with E-state index in [4.69, 9.17) is 0 Å². The number of hydrogen-bond acceptors (Lipinski definition) is 4. The SMILES string of the molecule is CC(=O)N1CCN(c2cc(=O)n3c4c(c(-c5c(O)cccc5F)ccc24)CCC3)CC1. The average Bonchev–Trinajstić information content (AvgIpc) is 2.77. The molecule has 1 saturated heterocycles. The predicted molar refractivity (Wildman–Crippen MR) is 118 cm³/mol. The van der Waals surface area contributed by atoms with Gasteiger partial charge in [-0.25, -0.2) is 4.39 Å². The van der Waals surface area contributed by atoms with Crippen LogP contribution in [0.1, 0.15) is 18.9 Å². The summed E-state index contributed by atoms with van der Waals surface area (Å²) in [7, 11) is 0. The maximum absolute atomic E-state index is 14.7. The molecule has 7 heteroatoms. The summed E-state index contributed by atoms with van der Waals surface area (Å²) in [6, 6.07) is 9.76. The van der Waals surface area contributed by atoms with Gasteiger partial charge in [0.25, 0.3) is 5.56 Å². The van der Waals surface area contributed by atoms with Crippen molar-refractivity contribution in [3.63, 3.8) is 0 Å². The summed E-state index contributed by atoms with van der Waals surface area (Å²) in [5.74, 6) is -0.524. The van der Waals surface area contributed by atoms with Gasteiger partial charge in [-0.05, 0) is 36.1 Å². The maximum atomic E-state index is 14.7. The Bertz CT molecular complexity index is 1240. The molecule has 3 heterocycles. The van der Waals surface area contributed by atoms with Gasteiger partial charge in [-0.2, -0.15) is 0 Å². The fourth-order valence-electron chi connectivity index (χ4n) is 4.96. The van der Waals surface area contributed by atoms with E-state index in [1.165, 1.54) is 18.2 Å². The Hall–Kier alpha value is -3.35. The van der Waals surface area contributed by atoms with Gasteiger partial charge in [0.05, 0.1) is 16.8 Å². The van der Waals surface area contributed by atoms with Crippen LogP contribution in [0.4, 0.5) is 10.1 Å². The number of amides is 1. The Kier molecular flexibility index (Phi) is 4.68. The highest BCUT2D eigenvalue weighted by Gasteiger charge is 2.26. The zero-order valence-corrected chi connectivity index (χ0v) is 17.4. The van der Waals surface area contributed by atoms with E-state index in [9.17, 15) is 19.1 Å². The van der Waals surface area contributed by atoms with E-state index >= 15 is 0 Å². The number of halogens is 1. The topological polar surface area (TPSA) is 65.8 Å². The quantitative estimate of drug-likeness (QED) is 0.691. The first-order valence-electron chi connectivity index (χ1n) is 10.6. The molecule has 5 rings (SSSR count). The number of nitrogens with zero attached hydrogens (tertiary/aromatic N) is 3. The van der Waals surface area contributed by atoms with Gasteiger partial charge in [0.1, 0.15) is 11.6 Å². The summed E-state index contributed by atoms with van der Waals surface area (Å²) in [5.41, 5.74) is 3.31. The van der Waals surface area contributed by atoms with Crippen molar-refractivity contribution in [2.24, 2.45) is 0 Å². The smallest absolute Gasteiger partial charge is 0.253 e. The first-order valence-corrected chi connectivity index (χ1v) is 10.6. The number of pyridine rings is 1. The Morgan fingerprint density at radius 2 is 1.84 bits per heavy atom. The summed E-state index contributed by atoms with van der Waals surface area (Å²) >= 11 is 0. The molecule has 0 bridgehead atoms. The number of carbonyl (C=O) groups is 1. The number of hydrogen-bond donors (Lipinski definition) is 1. The van der Waals surface area contributed by atoms with Crippen LogP contribution in [-0.2, 0) is 17.8 Å². The lowest BCUT2D eigenvalue weighted by Gasteiger charge is -2.36. The van der Waals surface area contributed by atoms with Crippen molar-refractivity contribution in [2.45, 2.75) is 26.3 Å². The Morgan fingerprint density at radius 3 is 2.55 bits per heavy atom. The van der Waals surface area contributed by atoms with Crippen molar-refractivity contribution in [1.29, 1.82) is 0 Å². The molecular weight excluding hydrogens is 397 g/mol. The Balaban J connectivity index is 1.69. The molecular formula is C24H24FN3O3. The molecule has 0 unspecified atom stereocenters. The summed E-state index contributed by atoms with van der Waals surface area (Å²) < 4.78 is 16.4. The molecule has 1 N–H and O–H groups in total. The molecule has 0 spiro atoms. The molecule has 6 nitrogen and oxygen atoms in total. The van der Waals surface area contributed by atoms with Gasteiger partial charge in [-0.15, -0.1) is 0 Å². The van der Waals surface area contributed by atoms with Crippen molar-refractivity contribution < 1.29 is 14.3 Å². The molecule has 1 fully saturated rings. The number of anilines is 1. The molecule has 3 aromatic rings. The second-order valence-electron chi connectivity index (χ2n) is 8.24. The molecule has 31 heavy (non-hydrogen) atoms. The monoisotopic (exact) mass is 421 g/mol. The van der Waals surface area contributed by atoms with Crippen LogP contribution >= 0.6 is 0 Å². The van der Waals surface area contributed by atoms with E-state index in [0.717, 1.165) is 28.6 Å². The lowest BCUT2D eigenvalue weighted by atomic mass is 9.90. The predicted octanol–water partition coefficient (Wildman–Crippen LogP) is 3.13. The summed E-state index contributed by atoms with van der Waals surface area (Å²) in [6.07, 6.45) is 1.49. The van der Waals surface area contributed by atoms with Gasteiger partial charge in [0, 0.05) is 51.1 Å². The second-order valence-corrected chi connectivity index (χ2v) is 8.24. The van der Waals surface area contributed by atoms with Crippen LogP contribution in [0, 0.1) is 5.82 Å². The Morgan fingerprint density at radius 1 is 1.06 bits per heavy atom. The molecule has 0 atom stereocenters. The largest absolute Gasteiger partial charge is 0.507 e. The van der Waals surface area contributed by atoms with Crippen LogP contribution in [0.2, 0.25) is 0 Å². The van der Waals surface area contributed by atoms with Gasteiger partial charge in [-0.3, -0.25) is 9.59 Å². The van der Waals surface area contributed by atoms with E-state index in [1.807, 2.05) is 17.0 Å². The standard InChI is InChI=1S/C24H24FN3O3/c1-15(29)26-10-12-27(13-11-26)20-14-22(31)28-9-3-4-17-16(7-8-18(20)24(17)28)23-19(25)5-2-6-21(23)30/h2,5-8,14,30H,3-4,9-13H2,1H3. The number of benzene rings is 2. The van der Waals surface area contributed by atoms with Crippen molar-refractivity contribution in [1.82, 2.24) is 9.47 Å². The molecule has 0 radical (unpaired) electrons. The van der Waals surface area contributed by atoms with E-state index in [2.05, 4.69) is 4.90 Å². The minimum absolute atomic E-state index is 0.0611. The lowest BCUT2D eigenvalue weighted by Crippen LogP contribution is -2.48. The molecule has 2 aromatic carbocycles. The van der Waals surface area contributed by atoms with E-state index < -0.39 is 5.82 Å². The lowest BCUT2D eigenvalue weighted by molar-refractivity contribution is -0.129. The van der Waals surface area contributed by atoms with E-state index in [-0.39, 0.29) is 22.8 Å². The fourth-order valence-corrected chi connectivity index (χ4v) is 4.96. The van der Waals surface area contributed by atoms with Crippen LogP contribution in [0.5, 0.6) is 5.75 Å². The second kappa shape index (κ2) is 7.41. The van der Waals surface area contributed by atoms with Gasteiger partial charge in [0.2, 0.25) is 5.91 Å². The highest BCUT2D eigenvalue weighted by Crippen LogP contribution is 2.40. The molecule has 2 aliphatic rings. The van der Waals surface area contributed by atoms with Crippen LogP contribution in [0.15, 0.2) is 41.2 Å². The molecule has 2 aliphatic heterocycles. The number of aromatic hydroxyl groups is 1. The van der Waals surface area contributed by atoms with Gasteiger partial charge >= 0.3 is 0 Å². The van der Waals surface area contributed by atoms with Crippen LogP contribution < -0.4 is 10.5 Å². The van der Waals surface area contributed by atoms with E-state index in [1.54, 1.807) is 17.6 Å². The summed E-state index contributed by atoms with van der Waals surface area (Å²) in [6.45, 7) is 4.74. The molecule has 160 valence electrons. The highest BCUT2D eigenvalue weighted by molar-refractivity contribution is 5.98. The number of aromatic nitrogens is 1. The average molecular weight is 421 g/mol. The minimum atomic E-state index is -0.480. The summed E-state index contributed by atoms with van der Waals surface area (Å²) in [4.78, 5) is 28.7. The summed E-state index contributed by atoms with van der Waals surface area (Å²) in [5, 5.41) is 11.3. The minimum Gasteiger partial charge on any atom is -0.507 e. The van der Waals surface area contributed by atoms with Gasteiger partial charge in [0.15, 0.2) is 0 Å². The van der Waals surface area contributed by atoms with Crippen LogP contribution in [-0.4, -0.2) is 46.7 Å². The van der Waals surface area contributed by atoms with Crippen molar-refractivity contribution >= 4 is 22.5 Å². The van der Waals surface area contributed by atoms with Crippen LogP contribution in [0.25, 0.3) is 22.0 Å².